The van der Waals surface area contributed by atoms with Gasteiger partial charge in [-0.3, -0.25) is 0 Å². The number of aliphatic hydroxyl groups excluding tert-OH is 3. The van der Waals surface area contributed by atoms with Gasteiger partial charge in [-0.15, -0.1) is 0 Å². The second kappa shape index (κ2) is 10.4. The normalized spacial score (nSPS) is 29.3. The van der Waals surface area contributed by atoms with Crippen molar-refractivity contribution >= 4 is 11.9 Å². The van der Waals surface area contributed by atoms with E-state index in [9.17, 15) is 45.3 Å². The van der Waals surface area contributed by atoms with Crippen LogP contribution in [0.1, 0.15) is 43.5 Å². The van der Waals surface area contributed by atoms with Crippen molar-refractivity contribution in [3.63, 3.8) is 0 Å². The standard InChI is InChI=1S/C23H30O12/c1-23(2,32)12-5-3-10(4-6-12)21(31)35-22-19(29)18(28)17(27)15(34-22)9-33-20(30)11-7-13(24)16(26)14(25)8-11/h3,7-8,12,15,17-19,22,24-29,32H,4-6,9H2,1-2H3/t12-,15+,17+,18-,19+,22-/m0/s1. The minimum absolute atomic E-state index is 0.0380. The van der Waals surface area contributed by atoms with Crippen LogP contribution >= 0.6 is 0 Å². The summed E-state index contributed by atoms with van der Waals surface area (Å²) in [4.78, 5) is 24.8. The highest BCUT2D eigenvalue weighted by Gasteiger charge is 2.46. The van der Waals surface area contributed by atoms with Crippen molar-refractivity contribution in [2.75, 3.05) is 6.61 Å². The molecule has 1 aromatic rings. The zero-order valence-corrected chi connectivity index (χ0v) is 19.2. The van der Waals surface area contributed by atoms with E-state index in [0.717, 1.165) is 12.1 Å². The molecule has 1 aromatic carbocycles. The lowest BCUT2D eigenvalue weighted by molar-refractivity contribution is -0.291. The lowest BCUT2D eigenvalue weighted by atomic mass is 9.79. The first-order valence-corrected chi connectivity index (χ1v) is 11.0. The molecular weight excluding hydrogens is 468 g/mol. The van der Waals surface area contributed by atoms with Crippen molar-refractivity contribution in [1.82, 2.24) is 0 Å². The molecule has 1 aliphatic heterocycles. The number of benzene rings is 1. The number of esters is 2. The number of phenolic OH excluding ortho intramolecular Hbond substituents is 3. The molecule has 6 atom stereocenters. The van der Waals surface area contributed by atoms with Crippen molar-refractivity contribution < 1.29 is 59.5 Å². The lowest BCUT2D eigenvalue weighted by Crippen LogP contribution is -2.59. The monoisotopic (exact) mass is 498 g/mol. The van der Waals surface area contributed by atoms with E-state index in [1.54, 1.807) is 19.9 Å². The molecule has 1 aliphatic carbocycles. The zero-order valence-electron chi connectivity index (χ0n) is 19.2. The third kappa shape index (κ3) is 6.03. The Morgan fingerprint density at radius 2 is 1.66 bits per heavy atom. The molecule has 0 unspecified atom stereocenters. The van der Waals surface area contributed by atoms with Gasteiger partial charge in [0.15, 0.2) is 17.2 Å². The molecule has 1 saturated heterocycles. The first kappa shape index (κ1) is 26.7. The summed E-state index contributed by atoms with van der Waals surface area (Å²) in [7, 11) is 0. The van der Waals surface area contributed by atoms with Gasteiger partial charge in [-0.2, -0.15) is 0 Å². The highest BCUT2D eigenvalue weighted by molar-refractivity contribution is 5.91. The molecule has 0 bridgehead atoms. The highest BCUT2D eigenvalue weighted by atomic mass is 16.7. The Morgan fingerprint density at radius 3 is 2.20 bits per heavy atom. The van der Waals surface area contributed by atoms with Crippen molar-refractivity contribution in [3.05, 3.63) is 29.3 Å². The maximum absolute atomic E-state index is 12.6. The first-order chi connectivity index (χ1) is 16.3. The van der Waals surface area contributed by atoms with Crippen LogP contribution in [0.5, 0.6) is 17.2 Å². The van der Waals surface area contributed by atoms with Crippen LogP contribution in [0.2, 0.25) is 0 Å². The number of carbonyl (C=O) groups is 2. The molecule has 0 spiro atoms. The maximum Gasteiger partial charge on any atom is 0.338 e. The van der Waals surface area contributed by atoms with Gasteiger partial charge in [0, 0.05) is 5.57 Å². The molecular formula is C23H30O12. The molecule has 1 fully saturated rings. The number of hydrogen-bond donors (Lipinski definition) is 7. The van der Waals surface area contributed by atoms with Crippen LogP contribution in [0.25, 0.3) is 0 Å². The minimum atomic E-state index is -1.79. The van der Waals surface area contributed by atoms with Crippen LogP contribution in [-0.4, -0.2) is 90.6 Å². The van der Waals surface area contributed by atoms with Gasteiger partial charge in [-0.25, -0.2) is 9.59 Å². The largest absolute Gasteiger partial charge is 0.504 e. The second-order valence-corrected chi connectivity index (χ2v) is 9.24. The van der Waals surface area contributed by atoms with Crippen molar-refractivity contribution in [3.8, 4) is 17.2 Å². The molecule has 2 aliphatic rings. The Balaban J connectivity index is 1.62. The maximum atomic E-state index is 12.6. The highest BCUT2D eigenvalue weighted by Crippen LogP contribution is 2.36. The minimum Gasteiger partial charge on any atom is -0.504 e. The van der Waals surface area contributed by atoms with Gasteiger partial charge in [-0.1, -0.05) is 6.08 Å². The van der Waals surface area contributed by atoms with Crippen LogP contribution < -0.4 is 0 Å². The average molecular weight is 498 g/mol. The van der Waals surface area contributed by atoms with E-state index in [1.165, 1.54) is 0 Å². The number of rotatable bonds is 6. The lowest BCUT2D eigenvalue weighted by Gasteiger charge is -2.39. The number of allylic oxidation sites excluding steroid dienone is 1. The summed E-state index contributed by atoms with van der Waals surface area (Å²) in [6, 6.07) is 1.69. The third-order valence-corrected chi connectivity index (χ3v) is 6.25. The number of aromatic hydroxyl groups is 3. The number of hydrogen-bond acceptors (Lipinski definition) is 12. The fourth-order valence-electron chi connectivity index (χ4n) is 3.96. The van der Waals surface area contributed by atoms with Gasteiger partial charge in [0.1, 0.15) is 31.0 Å². The molecule has 35 heavy (non-hydrogen) atoms. The average Bonchev–Trinajstić information content (AvgIpc) is 2.81. The Kier molecular flexibility index (Phi) is 7.92. The van der Waals surface area contributed by atoms with Crippen molar-refractivity contribution in [2.45, 2.75) is 69.4 Å². The Morgan fingerprint density at radius 1 is 1.03 bits per heavy atom. The first-order valence-electron chi connectivity index (χ1n) is 11.0. The van der Waals surface area contributed by atoms with Crippen molar-refractivity contribution in [2.24, 2.45) is 5.92 Å². The van der Waals surface area contributed by atoms with Crippen LogP contribution in [0, 0.1) is 5.92 Å². The predicted molar refractivity (Wildman–Crippen MR) is 116 cm³/mol. The van der Waals surface area contributed by atoms with Gasteiger partial charge >= 0.3 is 11.9 Å². The quantitative estimate of drug-likeness (QED) is 0.201. The van der Waals surface area contributed by atoms with E-state index in [1.807, 2.05) is 0 Å². The molecule has 12 nitrogen and oxygen atoms in total. The van der Waals surface area contributed by atoms with Gasteiger partial charge in [0.25, 0.3) is 0 Å². The van der Waals surface area contributed by atoms with E-state index < -0.39 is 72.1 Å². The van der Waals surface area contributed by atoms with Crippen LogP contribution in [0.15, 0.2) is 23.8 Å². The Hall–Kier alpha value is -2.90. The summed E-state index contributed by atoms with van der Waals surface area (Å²) < 4.78 is 15.6. The molecule has 0 radical (unpaired) electrons. The molecule has 194 valence electrons. The van der Waals surface area contributed by atoms with E-state index in [2.05, 4.69) is 0 Å². The van der Waals surface area contributed by atoms with Gasteiger partial charge in [-0.05, 0) is 51.2 Å². The van der Waals surface area contributed by atoms with Crippen LogP contribution in [0.3, 0.4) is 0 Å². The fourth-order valence-corrected chi connectivity index (χ4v) is 3.96. The zero-order chi connectivity index (χ0) is 26.1. The summed E-state index contributed by atoms with van der Waals surface area (Å²) in [6.07, 6.45) is -5.37. The number of ether oxygens (including phenoxy) is 3. The molecule has 0 aromatic heterocycles. The molecule has 12 heteroatoms. The number of phenols is 3. The van der Waals surface area contributed by atoms with Gasteiger partial charge in [0.2, 0.25) is 6.29 Å². The molecule has 1 heterocycles. The summed E-state index contributed by atoms with van der Waals surface area (Å²) in [5.41, 5.74) is -0.908. The van der Waals surface area contributed by atoms with E-state index in [-0.39, 0.29) is 11.5 Å². The smallest absolute Gasteiger partial charge is 0.338 e. The summed E-state index contributed by atoms with van der Waals surface area (Å²) in [6.45, 7) is 2.73. The third-order valence-electron chi connectivity index (χ3n) is 6.25. The number of carbonyl (C=O) groups excluding carboxylic acids is 2. The van der Waals surface area contributed by atoms with Crippen LogP contribution in [-0.2, 0) is 19.0 Å². The Bertz CT molecular complexity index is 958. The molecule has 0 amide bonds. The molecule has 3 rings (SSSR count). The summed E-state index contributed by atoms with van der Waals surface area (Å²) >= 11 is 0. The van der Waals surface area contributed by atoms with Gasteiger partial charge < -0.3 is 50.0 Å². The summed E-state index contributed by atoms with van der Waals surface area (Å²) in [5, 5.41) is 69.1. The number of aliphatic hydroxyl groups is 4. The van der Waals surface area contributed by atoms with Gasteiger partial charge in [0.05, 0.1) is 11.2 Å². The fraction of sp³-hybridized carbons (Fsp3) is 0.565. The SMILES string of the molecule is CC(C)(O)[C@H]1CC=C(C(=O)O[C@@H]2O[C@H](COC(=O)c3cc(O)c(O)c(O)c3)[C@@H](O)[C@H](O)[C@H]2O)CC1. The predicted octanol–water partition coefficient (Wildman–Crippen LogP) is -0.192. The molecule has 0 saturated carbocycles. The second-order valence-electron chi connectivity index (χ2n) is 9.24. The van der Waals surface area contributed by atoms with E-state index >= 15 is 0 Å². The topological polar surface area (TPSA) is 203 Å². The van der Waals surface area contributed by atoms with Crippen molar-refractivity contribution in [1.29, 1.82) is 0 Å². The molecule has 7 N–H and O–H groups in total. The van der Waals surface area contributed by atoms with E-state index in [4.69, 9.17) is 14.2 Å². The Labute approximate surface area is 200 Å². The summed E-state index contributed by atoms with van der Waals surface area (Å²) in [5.74, 6) is -4.24. The van der Waals surface area contributed by atoms with E-state index in [0.29, 0.717) is 24.8 Å². The van der Waals surface area contributed by atoms with Crippen LogP contribution in [0.4, 0.5) is 0 Å².